The Kier molecular flexibility index (Phi) is 5.77. The number of methoxy groups -OCH3 is 1. The van der Waals surface area contributed by atoms with Crippen molar-refractivity contribution < 1.29 is 19.4 Å². The zero-order valence-electron chi connectivity index (χ0n) is 15.4. The smallest absolute Gasteiger partial charge is 0.266 e. The van der Waals surface area contributed by atoms with E-state index in [0.29, 0.717) is 10.0 Å². The van der Waals surface area contributed by atoms with Crippen LogP contribution in [-0.4, -0.2) is 45.4 Å². The number of nitrogens with zero attached hydrogens (tertiary/aromatic N) is 2. The van der Waals surface area contributed by atoms with E-state index in [1.807, 2.05) is 30.3 Å². The van der Waals surface area contributed by atoms with Gasteiger partial charge in [-0.15, -0.1) is 0 Å². The molecule has 4 rings (SSSR count). The maximum Gasteiger partial charge on any atom is 0.266 e. The number of carbonyl (C=O) groups is 2. The van der Waals surface area contributed by atoms with Crippen molar-refractivity contribution in [3.63, 3.8) is 0 Å². The molecule has 0 bridgehead atoms. The maximum absolute atomic E-state index is 12.7. The fourth-order valence-corrected chi connectivity index (χ4v) is 5.47. The maximum atomic E-state index is 12.7. The first-order valence-corrected chi connectivity index (χ1v) is 10.4. The standard InChI is InChI=1S/C20H18Cl2N2O4S/c1-28-18-17(12-7-3-5-9-15(12)22)24(20(18)27)29-23-16(13(10-25)19(23)26)11-6-2-4-8-14(11)21/h2-9,13,16-18,25H,10H2,1H3/t13-,16+,17+,18-/m1/s1. The molecule has 2 fully saturated rings. The highest BCUT2D eigenvalue weighted by Crippen LogP contribution is 2.52. The van der Waals surface area contributed by atoms with E-state index in [4.69, 9.17) is 27.9 Å². The van der Waals surface area contributed by atoms with E-state index in [0.717, 1.165) is 23.3 Å². The number of hydrogen-bond acceptors (Lipinski definition) is 5. The van der Waals surface area contributed by atoms with Gasteiger partial charge in [0.15, 0.2) is 6.10 Å². The van der Waals surface area contributed by atoms with Crippen molar-refractivity contribution in [2.24, 2.45) is 5.92 Å². The van der Waals surface area contributed by atoms with Crippen LogP contribution in [0.4, 0.5) is 0 Å². The van der Waals surface area contributed by atoms with E-state index in [2.05, 4.69) is 0 Å². The van der Waals surface area contributed by atoms with Gasteiger partial charge in [-0.3, -0.25) is 18.2 Å². The van der Waals surface area contributed by atoms with Gasteiger partial charge in [-0.25, -0.2) is 0 Å². The van der Waals surface area contributed by atoms with Crippen LogP contribution in [0.5, 0.6) is 0 Å². The van der Waals surface area contributed by atoms with Crippen LogP contribution in [0.15, 0.2) is 48.5 Å². The summed E-state index contributed by atoms with van der Waals surface area (Å²) in [5.74, 6) is -1.11. The lowest BCUT2D eigenvalue weighted by molar-refractivity contribution is -0.159. The molecule has 29 heavy (non-hydrogen) atoms. The number of benzene rings is 2. The van der Waals surface area contributed by atoms with Crippen molar-refractivity contribution in [2.45, 2.75) is 18.2 Å². The predicted molar refractivity (Wildman–Crippen MR) is 111 cm³/mol. The molecule has 2 aliphatic rings. The van der Waals surface area contributed by atoms with Gasteiger partial charge in [-0.1, -0.05) is 59.6 Å². The Labute approximate surface area is 182 Å². The largest absolute Gasteiger partial charge is 0.395 e. The Morgan fingerprint density at radius 2 is 1.45 bits per heavy atom. The average Bonchev–Trinajstić information content (AvgIpc) is 2.72. The van der Waals surface area contributed by atoms with Crippen LogP contribution in [0.2, 0.25) is 10.0 Å². The Balaban J connectivity index is 1.63. The van der Waals surface area contributed by atoms with Crippen molar-refractivity contribution in [1.29, 1.82) is 0 Å². The Hall–Kier alpha value is -1.77. The Morgan fingerprint density at radius 3 is 1.97 bits per heavy atom. The predicted octanol–water partition coefficient (Wildman–Crippen LogP) is 3.65. The lowest BCUT2D eigenvalue weighted by atomic mass is 9.85. The van der Waals surface area contributed by atoms with Crippen LogP contribution in [0, 0.1) is 5.92 Å². The normalized spacial score (nSPS) is 26.3. The first kappa shape index (κ1) is 20.5. The lowest BCUT2D eigenvalue weighted by Crippen LogP contribution is -2.61. The minimum Gasteiger partial charge on any atom is -0.395 e. The summed E-state index contributed by atoms with van der Waals surface area (Å²) in [6.45, 7) is -0.297. The van der Waals surface area contributed by atoms with E-state index in [1.54, 1.807) is 18.2 Å². The van der Waals surface area contributed by atoms with E-state index in [9.17, 15) is 14.7 Å². The fourth-order valence-electron chi connectivity index (χ4n) is 3.70. The highest BCUT2D eigenvalue weighted by molar-refractivity contribution is 7.95. The number of amides is 2. The molecular weight excluding hydrogens is 435 g/mol. The second kappa shape index (κ2) is 8.16. The van der Waals surface area contributed by atoms with E-state index in [-0.39, 0.29) is 18.4 Å². The summed E-state index contributed by atoms with van der Waals surface area (Å²) in [5.41, 5.74) is 1.47. The molecule has 0 spiro atoms. The van der Waals surface area contributed by atoms with Gasteiger partial charge < -0.3 is 9.84 Å². The number of aliphatic hydroxyl groups excluding tert-OH is 1. The molecule has 2 amide bonds. The molecule has 152 valence electrons. The van der Waals surface area contributed by atoms with Gasteiger partial charge in [0.25, 0.3) is 5.91 Å². The molecule has 2 aromatic carbocycles. The summed E-state index contributed by atoms with van der Waals surface area (Å²) in [4.78, 5) is 25.3. The summed E-state index contributed by atoms with van der Waals surface area (Å²) in [6.07, 6.45) is -0.675. The second-order valence-corrected chi connectivity index (χ2v) is 8.55. The van der Waals surface area contributed by atoms with Gasteiger partial charge in [-0.05, 0) is 23.3 Å². The molecule has 1 N–H and O–H groups in total. The number of rotatable bonds is 6. The van der Waals surface area contributed by atoms with Gasteiger partial charge in [0.05, 0.1) is 30.7 Å². The van der Waals surface area contributed by atoms with E-state index < -0.39 is 24.1 Å². The third-order valence-corrected chi connectivity index (χ3v) is 7.10. The zero-order chi connectivity index (χ0) is 20.7. The fraction of sp³-hybridized carbons (Fsp3) is 0.300. The van der Waals surface area contributed by atoms with Crippen LogP contribution in [0.1, 0.15) is 23.2 Å². The molecule has 2 aromatic rings. The minimum absolute atomic E-state index is 0.249. The number of β-lactam (4-membered cyclic amide) rings is 2. The quantitative estimate of drug-likeness (QED) is 0.534. The van der Waals surface area contributed by atoms with Crippen LogP contribution >= 0.6 is 35.3 Å². The monoisotopic (exact) mass is 452 g/mol. The zero-order valence-corrected chi connectivity index (χ0v) is 17.7. The SMILES string of the molecule is CO[C@H]1C(=O)N(SN2C(=O)[C@H](CO)[C@@H]2c2ccccc2Cl)[C@H]1c1ccccc1Cl. The molecule has 6 nitrogen and oxygen atoms in total. The van der Waals surface area contributed by atoms with Crippen LogP contribution in [0.25, 0.3) is 0 Å². The van der Waals surface area contributed by atoms with Gasteiger partial charge in [0, 0.05) is 17.2 Å². The van der Waals surface area contributed by atoms with Crippen LogP contribution in [0.3, 0.4) is 0 Å². The van der Waals surface area contributed by atoms with Crippen molar-refractivity contribution in [1.82, 2.24) is 8.61 Å². The van der Waals surface area contributed by atoms with E-state index in [1.165, 1.54) is 15.7 Å². The summed E-state index contributed by atoms with van der Waals surface area (Å²) < 4.78 is 8.33. The van der Waals surface area contributed by atoms with Crippen molar-refractivity contribution in [3.05, 3.63) is 69.7 Å². The third kappa shape index (κ3) is 3.31. The summed E-state index contributed by atoms with van der Waals surface area (Å²) in [5, 5.41) is 10.7. The summed E-state index contributed by atoms with van der Waals surface area (Å²) >= 11 is 13.7. The average molecular weight is 453 g/mol. The van der Waals surface area contributed by atoms with Gasteiger partial charge in [0.1, 0.15) is 6.04 Å². The van der Waals surface area contributed by atoms with Crippen molar-refractivity contribution in [3.8, 4) is 0 Å². The molecule has 0 saturated carbocycles. The second-order valence-electron chi connectivity index (χ2n) is 6.79. The molecule has 2 aliphatic heterocycles. The van der Waals surface area contributed by atoms with E-state index >= 15 is 0 Å². The topological polar surface area (TPSA) is 70.1 Å². The molecule has 0 radical (unpaired) electrons. The molecular formula is C20H18Cl2N2O4S. The Bertz CT molecular complexity index is 884. The summed E-state index contributed by atoms with van der Waals surface area (Å²) in [7, 11) is 1.47. The Morgan fingerprint density at radius 1 is 0.931 bits per heavy atom. The van der Waals surface area contributed by atoms with Gasteiger partial charge in [0.2, 0.25) is 5.91 Å². The van der Waals surface area contributed by atoms with Gasteiger partial charge >= 0.3 is 0 Å². The number of ether oxygens (including phenoxy) is 1. The number of aliphatic hydroxyl groups is 1. The molecule has 2 saturated heterocycles. The first-order chi connectivity index (χ1) is 14.0. The molecule has 0 aromatic heterocycles. The highest BCUT2D eigenvalue weighted by atomic mass is 35.5. The van der Waals surface area contributed by atoms with Crippen LogP contribution in [-0.2, 0) is 14.3 Å². The minimum atomic E-state index is -0.675. The number of halogens is 2. The third-order valence-electron chi connectivity index (χ3n) is 5.24. The van der Waals surface area contributed by atoms with Crippen LogP contribution < -0.4 is 0 Å². The summed E-state index contributed by atoms with van der Waals surface area (Å²) in [6, 6.07) is 13.5. The number of carbonyl (C=O) groups excluding carboxylic acids is 2. The molecule has 9 heteroatoms. The van der Waals surface area contributed by atoms with Crippen molar-refractivity contribution in [2.75, 3.05) is 13.7 Å². The molecule has 0 unspecified atom stereocenters. The number of hydrogen-bond donors (Lipinski definition) is 1. The lowest BCUT2D eigenvalue weighted by Gasteiger charge is -2.52. The molecule has 4 atom stereocenters. The molecule has 2 heterocycles. The highest BCUT2D eigenvalue weighted by Gasteiger charge is 2.56. The molecule has 0 aliphatic carbocycles. The first-order valence-electron chi connectivity index (χ1n) is 8.96. The van der Waals surface area contributed by atoms with Gasteiger partial charge in [-0.2, -0.15) is 0 Å². The van der Waals surface area contributed by atoms with Crippen molar-refractivity contribution >= 4 is 47.2 Å².